The standard InChI is InChI=1S/C16H19ClN2O4S/c1-22-15-8-5-13(9-16(15)23-2)11-19-24(20,21)18-10-12-3-6-14(17)7-4-12/h3-9,18-19H,10-11H2,1-2H3. The molecule has 2 aromatic carbocycles. The number of halogens is 1. The smallest absolute Gasteiger partial charge is 0.277 e. The van der Waals surface area contributed by atoms with Gasteiger partial charge in [-0.15, -0.1) is 0 Å². The Morgan fingerprint density at radius 3 is 2.00 bits per heavy atom. The predicted molar refractivity (Wildman–Crippen MR) is 93.6 cm³/mol. The largest absolute Gasteiger partial charge is 0.493 e. The summed E-state index contributed by atoms with van der Waals surface area (Å²) in [7, 11) is -0.559. The zero-order chi connectivity index (χ0) is 17.6. The lowest BCUT2D eigenvalue weighted by Crippen LogP contribution is -2.35. The minimum atomic E-state index is -3.63. The fourth-order valence-electron chi connectivity index (χ4n) is 2.00. The van der Waals surface area contributed by atoms with Crippen molar-refractivity contribution in [2.45, 2.75) is 13.1 Å². The van der Waals surface area contributed by atoms with Crippen LogP contribution in [0.2, 0.25) is 5.02 Å². The lowest BCUT2D eigenvalue weighted by atomic mass is 10.2. The van der Waals surface area contributed by atoms with Gasteiger partial charge in [0.15, 0.2) is 11.5 Å². The van der Waals surface area contributed by atoms with Crippen LogP contribution in [0.1, 0.15) is 11.1 Å². The van der Waals surface area contributed by atoms with E-state index in [9.17, 15) is 8.42 Å². The zero-order valence-electron chi connectivity index (χ0n) is 13.4. The Morgan fingerprint density at radius 2 is 1.42 bits per heavy atom. The summed E-state index contributed by atoms with van der Waals surface area (Å²) in [5.41, 5.74) is 1.57. The zero-order valence-corrected chi connectivity index (χ0v) is 14.9. The molecule has 0 spiro atoms. The summed E-state index contributed by atoms with van der Waals surface area (Å²) in [5, 5.41) is 0.605. The second-order valence-corrected chi connectivity index (χ2v) is 6.98. The van der Waals surface area contributed by atoms with Crippen LogP contribution >= 0.6 is 11.6 Å². The van der Waals surface area contributed by atoms with Gasteiger partial charge in [0, 0.05) is 18.1 Å². The molecule has 0 saturated heterocycles. The molecule has 0 radical (unpaired) electrons. The Labute approximate surface area is 146 Å². The normalized spacial score (nSPS) is 11.3. The van der Waals surface area contributed by atoms with Crippen LogP contribution < -0.4 is 18.9 Å². The van der Waals surface area contributed by atoms with E-state index >= 15 is 0 Å². The molecule has 0 saturated carbocycles. The number of hydrogen-bond acceptors (Lipinski definition) is 4. The third kappa shape index (κ3) is 5.38. The van der Waals surface area contributed by atoms with Crippen molar-refractivity contribution in [1.29, 1.82) is 0 Å². The first-order valence-corrected chi connectivity index (χ1v) is 8.99. The Morgan fingerprint density at radius 1 is 0.875 bits per heavy atom. The van der Waals surface area contributed by atoms with E-state index in [2.05, 4.69) is 9.44 Å². The van der Waals surface area contributed by atoms with E-state index < -0.39 is 10.2 Å². The van der Waals surface area contributed by atoms with Crippen molar-refractivity contribution in [2.75, 3.05) is 14.2 Å². The van der Waals surface area contributed by atoms with E-state index in [1.165, 1.54) is 7.11 Å². The first kappa shape index (κ1) is 18.5. The van der Waals surface area contributed by atoms with Gasteiger partial charge in [0.25, 0.3) is 10.2 Å². The summed E-state index contributed by atoms with van der Waals surface area (Å²) in [6.07, 6.45) is 0. The molecule has 2 N–H and O–H groups in total. The molecular weight excluding hydrogens is 352 g/mol. The van der Waals surface area contributed by atoms with Crippen molar-refractivity contribution in [2.24, 2.45) is 0 Å². The van der Waals surface area contributed by atoms with Gasteiger partial charge in [-0.05, 0) is 35.4 Å². The number of benzene rings is 2. The highest BCUT2D eigenvalue weighted by Crippen LogP contribution is 2.27. The fraction of sp³-hybridized carbons (Fsp3) is 0.250. The number of methoxy groups -OCH3 is 2. The van der Waals surface area contributed by atoms with Gasteiger partial charge in [0.05, 0.1) is 14.2 Å². The van der Waals surface area contributed by atoms with Crippen LogP contribution in [0.3, 0.4) is 0 Å². The highest BCUT2D eigenvalue weighted by atomic mass is 35.5. The van der Waals surface area contributed by atoms with E-state index in [0.29, 0.717) is 16.5 Å². The Hall–Kier alpha value is -1.80. The van der Waals surface area contributed by atoms with Gasteiger partial charge in [-0.25, -0.2) is 0 Å². The molecule has 0 heterocycles. The minimum absolute atomic E-state index is 0.135. The van der Waals surface area contributed by atoms with Crippen molar-refractivity contribution in [3.8, 4) is 11.5 Å². The van der Waals surface area contributed by atoms with E-state index in [1.54, 1.807) is 49.6 Å². The van der Waals surface area contributed by atoms with Gasteiger partial charge in [-0.1, -0.05) is 29.8 Å². The van der Waals surface area contributed by atoms with Crippen LogP contribution in [0.4, 0.5) is 0 Å². The van der Waals surface area contributed by atoms with Crippen LogP contribution in [0.25, 0.3) is 0 Å². The van der Waals surface area contributed by atoms with Crippen molar-refractivity contribution in [3.05, 3.63) is 58.6 Å². The van der Waals surface area contributed by atoms with Gasteiger partial charge < -0.3 is 9.47 Å². The molecule has 8 heteroatoms. The summed E-state index contributed by atoms with van der Waals surface area (Å²) >= 11 is 5.80. The maximum Gasteiger partial charge on any atom is 0.277 e. The highest BCUT2D eigenvalue weighted by molar-refractivity contribution is 7.87. The monoisotopic (exact) mass is 370 g/mol. The van der Waals surface area contributed by atoms with Crippen molar-refractivity contribution in [3.63, 3.8) is 0 Å². The molecule has 2 aromatic rings. The first-order chi connectivity index (χ1) is 11.4. The Bertz CT molecular complexity index is 779. The molecule has 0 aliphatic heterocycles. The van der Waals surface area contributed by atoms with Crippen molar-refractivity contribution < 1.29 is 17.9 Å². The molecule has 0 aliphatic rings. The molecular formula is C16H19ClN2O4S. The quantitative estimate of drug-likeness (QED) is 0.748. The summed E-state index contributed by atoms with van der Waals surface area (Å²) < 4.78 is 39.3. The third-order valence-corrected chi connectivity index (χ3v) is 4.59. The molecule has 2 rings (SSSR count). The molecule has 0 aromatic heterocycles. The minimum Gasteiger partial charge on any atom is -0.493 e. The lowest BCUT2D eigenvalue weighted by Gasteiger charge is -2.11. The third-order valence-electron chi connectivity index (χ3n) is 3.29. The number of hydrogen-bond donors (Lipinski definition) is 2. The van der Waals surface area contributed by atoms with Crippen molar-refractivity contribution in [1.82, 2.24) is 9.44 Å². The Balaban J connectivity index is 1.93. The molecule has 0 unspecified atom stereocenters. The molecule has 130 valence electrons. The van der Waals surface area contributed by atoms with Gasteiger partial charge >= 0.3 is 0 Å². The molecule has 0 atom stereocenters. The number of ether oxygens (including phenoxy) is 2. The van der Waals surface area contributed by atoms with E-state index in [-0.39, 0.29) is 13.1 Å². The summed E-state index contributed by atoms with van der Waals surface area (Å²) in [6.45, 7) is 0.314. The summed E-state index contributed by atoms with van der Waals surface area (Å²) in [6, 6.07) is 12.2. The number of nitrogens with one attached hydrogen (secondary N) is 2. The van der Waals surface area contributed by atoms with Crippen LogP contribution in [0.5, 0.6) is 11.5 Å². The molecule has 6 nitrogen and oxygen atoms in total. The van der Waals surface area contributed by atoms with Crippen LogP contribution in [0, 0.1) is 0 Å². The average molecular weight is 371 g/mol. The van der Waals surface area contributed by atoms with E-state index in [1.807, 2.05) is 0 Å². The molecule has 0 amide bonds. The molecule has 0 fully saturated rings. The molecule has 24 heavy (non-hydrogen) atoms. The van der Waals surface area contributed by atoms with Gasteiger partial charge in [0.1, 0.15) is 0 Å². The SMILES string of the molecule is COc1ccc(CNS(=O)(=O)NCc2ccc(Cl)cc2)cc1OC. The van der Waals surface area contributed by atoms with Crippen LogP contribution in [0.15, 0.2) is 42.5 Å². The molecule has 0 aliphatic carbocycles. The lowest BCUT2D eigenvalue weighted by molar-refractivity contribution is 0.354. The highest BCUT2D eigenvalue weighted by Gasteiger charge is 2.10. The average Bonchev–Trinajstić information content (AvgIpc) is 2.59. The van der Waals surface area contributed by atoms with Gasteiger partial charge in [-0.3, -0.25) is 0 Å². The predicted octanol–water partition coefficient (Wildman–Crippen LogP) is 2.48. The van der Waals surface area contributed by atoms with Crippen LogP contribution in [-0.2, 0) is 23.3 Å². The summed E-state index contributed by atoms with van der Waals surface area (Å²) in [4.78, 5) is 0. The topological polar surface area (TPSA) is 76.7 Å². The maximum absolute atomic E-state index is 12.0. The van der Waals surface area contributed by atoms with E-state index in [0.717, 1.165) is 11.1 Å². The molecule has 0 bridgehead atoms. The first-order valence-electron chi connectivity index (χ1n) is 7.13. The second-order valence-electron chi connectivity index (χ2n) is 4.96. The maximum atomic E-state index is 12.0. The van der Waals surface area contributed by atoms with E-state index in [4.69, 9.17) is 21.1 Å². The second kappa shape index (κ2) is 8.34. The van der Waals surface area contributed by atoms with Crippen LogP contribution in [-0.4, -0.2) is 22.6 Å². The summed E-state index contributed by atoms with van der Waals surface area (Å²) in [5.74, 6) is 1.13. The van der Waals surface area contributed by atoms with Crippen molar-refractivity contribution >= 4 is 21.8 Å². The van der Waals surface area contributed by atoms with Gasteiger partial charge in [0.2, 0.25) is 0 Å². The fourth-order valence-corrected chi connectivity index (χ4v) is 2.94. The number of rotatable bonds is 8. The Kier molecular flexibility index (Phi) is 6.44. The van der Waals surface area contributed by atoms with Gasteiger partial charge in [-0.2, -0.15) is 17.9 Å².